The van der Waals surface area contributed by atoms with Crippen LogP contribution in [0, 0.1) is 12.1 Å². The summed E-state index contributed by atoms with van der Waals surface area (Å²) in [6.07, 6.45) is 1.71. The fourth-order valence-electron chi connectivity index (χ4n) is 11.6. The highest BCUT2D eigenvalue weighted by Crippen LogP contribution is 2.64. The summed E-state index contributed by atoms with van der Waals surface area (Å²) in [5.41, 5.74) is 21.6. The normalized spacial score (nSPS) is 14.3. The second kappa shape index (κ2) is 12.2. The van der Waals surface area contributed by atoms with E-state index in [1.807, 2.05) is 0 Å². The Kier molecular flexibility index (Phi) is 6.58. The Hall–Kier alpha value is -8.26. The molecule has 0 fully saturated rings. The van der Waals surface area contributed by atoms with Gasteiger partial charge in [0.1, 0.15) is 0 Å². The average molecular weight is 785 g/mol. The molecule has 62 heavy (non-hydrogen) atoms. The van der Waals surface area contributed by atoms with Gasteiger partial charge in [0.15, 0.2) is 23.2 Å². The summed E-state index contributed by atoms with van der Waals surface area (Å²) < 4.78 is 0. The maximum Gasteiger partial charge on any atom is 0.191 e. The maximum absolute atomic E-state index is 5.38. The molecule has 2 heterocycles. The first-order valence-corrected chi connectivity index (χ1v) is 21.1. The summed E-state index contributed by atoms with van der Waals surface area (Å²) in [6, 6.07) is 74.9. The van der Waals surface area contributed by atoms with Crippen molar-refractivity contribution in [2.75, 3.05) is 0 Å². The standard InChI is InChI=1S/C58H32N4/c1-7-21-45-37(15-1)38-16-2-8-22-46(38)57(45)49-25-11-5-19-41(49)43-30-28-35(33-51(43)57)54-60-55(62-56(61-54)53-27-13-14-32-59-53)36-29-31-44-42-20-6-12-26-50(42)58(52(44)34-36)47-23-9-3-17-39(47)40-18-4-10-24-48(40)58/h1-12,14-26,28-34H. The highest BCUT2D eigenvalue weighted by molar-refractivity contribution is 5.97. The highest BCUT2D eigenvalue weighted by Gasteiger charge is 2.53. The van der Waals surface area contributed by atoms with Gasteiger partial charge >= 0.3 is 0 Å². The maximum atomic E-state index is 5.38. The average Bonchev–Trinajstić information content (AvgIpc) is 4.03. The van der Waals surface area contributed by atoms with Gasteiger partial charge in [-0.15, -0.1) is 0 Å². The van der Waals surface area contributed by atoms with Gasteiger partial charge in [-0.05, 0) is 107 Å². The van der Waals surface area contributed by atoms with Gasteiger partial charge in [-0.1, -0.05) is 176 Å². The van der Waals surface area contributed by atoms with Gasteiger partial charge in [0.25, 0.3) is 0 Å². The van der Waals surface area contributed by atoms with Crippen LogP contribution in [0.25, 0.3) is 78.8 Å². The summed E-state index contributed by atoms with van der Waals surface area (Å²) in [5, 5.41) is 0. The quantitative estimate of drug-likeness (QED) is 0.179. The molecule has 0 radical (unpaired) electrons. The van der Waals surface area contributed by atoms with Crippen molar-refractivity contribution in [3.8, 4) is 78.8 Å². The number of fused-ring (bicyclic) bond motifs is 20. The Morgan fingerprint density at radius 2 is 0.645 bits per heavy atom. The largest absolute Gasteiger partial charge is 0.243 e. The molecule has 0 aliphatic heterocycles. The fourth-order valence-corrected chi connectivity index (χ4v) is 11.6. The van der Waals surface area contributed by atoms with Gasteiger partial charge in [-0.3, -0.25) is 0 Å². The molecule has 0 atom stereocenters. The van der Waals surface area contributed by atoms with Crippen molar-refractivity contribution in [1.29, 1.82) is 0 Å². The minimum atomic E-state index is -0.491. The van der Waals surface area contributed by atoms with Crippen LogP contribution >= 0.6 is 0 Å². The van der Waals surface area contributed by atoms with Gasteiger partial charge in [0, 0.05) is 23.4 Å². The first kappa shape index (κ1) is 33.6. The fraction of sp³-hybridized carbons (Fsp3) is 0.0345. The van der Waals surface area contributed by atoms with Crippen LogP contribution in [0.3, 0.4) is 0 Å². The van der Waals surface area contributed by atoms with E-state index in [-0.39, 0.29) is 0 Å². The monoisotopic (exact) mass is 784 g/mol. The molecule has 2 aromatic heterocycles. The van der Waals surface area contributed by atoms with E-state index in [9.17, 15) is 0 Å². The second-order valence-electron chi connectivity index (χ2n) is 16.7. The lowest BCUT2D eigenvalue weighted by Gasteiger charge is -2.30. The summed E-state index contributed by atoms with van der Waals surface area (Å²) in [5.74, 6) is 1.60. The van der Waals surface area contributed by atoms with Crippen molar-refractivity contribution in [3.63, 3.8) is 0 Å². The van der Waals surface area contributed by atoms with Crippen LogP contribution in [0.2, 0.25) is 0 Å². The third kappa shape index (κ3) is 4.12. The molecule has 0 saturated heterocycles. The van der Waals surface area contributed by atoms with E-state index in [0.29, 0.717) is 23.2 Å². The first-order valence-electron chi connectivity index (χ1n) is 21.1. The summed E-state index contributed by atoms with van der Waals surface area (Å²) in [6.45, 7) is 0. The molecule has 2 spiro atoms. The first-order chi connectivity index (χ1) is 30.7. The molecule has 4 aliphatic carbocycles. The Morgan fingerprint density at radius 3 is 0.984 bits per heavy atom. The highest BCUT2D eigenvalue weighted by atomic mass is 15.0. The zero-order valence-corrected chi connectivity index (χ0v) is 33.3. The van der Waals surface area contributed by atoms with Gasteiger partial charge in [-0.2, -0.15) is 0 Å². The minimum absolute atomic E-state index is 0.451. The van der Waals surface area contributed by atoms with Crippen LogP contribution in [0.4, 0.5) is 0 Å². The molecular weight excluding hydrogens is 753 g/mol. The number of hydrogen-bond acceptors (Lipinski definition) is 4. The second-order valence-corrected chi connectivity index (χ2v) is 16.7. The van der Waals surface area contributed by atoms with Crippen molar-refractivity contribution in [3.05, 3.63) is 251 Å². The molecule has 10 aromatic rings. The molecule has 4 aliphatic rings. The minimum Gasteiger partial charge on any atom is -0.243 e. The molecular formula is C58H32N4. The van der Waals surface area contributed by atoms with Crippen molar-refractivity contribution < 1.29 is 0 Å². The zero-order chi connectivity index (χ0) is 40.6. The molecule has 4 nitrogen and oxygen atoms in total. The Labute approximate surface area is 359 Å². The number of aromatic nitrogens is 4. The smallest absolute Gasteiger partial charge is 0.191 e. The van der Waals surface area contributed by atoms with E-state index in [1.54, 1.807) is 12.3 Å². The number of nitrogens with zero attached hydrogens (tertiary/aromatic N) is 4. The molecule has 0 unspecified atom stereocenters. The van der Waals surface area contributed by atoms with Crippen LogP contribution in [0.5, 0.6) is 0 Å². The Balaban J connectivity index is 1.00. The predicted octanol–water partition coefficient (Wildman–Crippen LogP) is 12.6. The summed E-state index contributed by atoms with van der Waals surface area (Å²) in [4.78, 5) is 20.4. The van der Waals surface area contributed by atoms with Crippen LogP contribution in [-0.2, 0) is 10.8 Å². The lowest BCUT2D eigenvalue weighted by atomic mass is 9.70. The van der Waals surface area contributed by atoms with Crippen molar-refractivity contribution >= 4 is 0 Å². The van der Waals surface area contributed by atoms with Gasteiger partial charge in [0.2, 0.25) is 0 Å². The van der Waals surface area contributed by atoms with E-state index in [0.717, 1.165) is 11.1 Å². The van der Waals surface area contributed by atoms with Crippen molar-refractivity contribution in [2.45, 2.75) is 10.8 Å². The molecule has 0 N–H and O–H groups in total. The van der Waals surface area contributed by atoms with Crippen LogP contribution in [0.1, 0.15) is 44.5 Å². The molecule has 8 aromatic carbocycles. The number of benzene rings is 8. The van der Waals surface area contributed by atoms with Crippen LogP contribution in [-0.4, -0.2) is 19.9 Å². The molecule has 0 bridgehead atoms. The molecule has 14 rings (SSSR count). The Morgan fingerprint density at radius 1 is 0.323 bits per heavy atom. The third-order valence-electron chi connectivity index (χ3n) is 13.9. The summed E-state index contributed by atoms with van der Waals surface area (Å²) >= 11 is 0. The van der Waals surface area contributed by atoms with E-state index in [2.05, 4.69) is 199 Å². The van der Waals surface area contributed by atoms with Crippen LogP contribution in [0.15, 0.2) is 194 Å². The van der Waals surface area contributed by atoms with E-state index in [4.69, 9.17) is 15.0 Å². The van der Waals surface area contributed by atoms with Gasteiger partial charge in [0.05, 0.1) is 10.8 Å². The predicted molar refractivity (Wildman–Crippen MR) is 244 cm³/mol. The van der Waals surface area contributed by atoms with Crippen molar-refractivity contribution in [2.24, 2.45) is 0 Å². The zero-order valence-electron chi connectivity index (χ0n) is 33.3. The molecule has 284 valence electrons. The van der Waals surface area contributed by atoms with Crippen LogP contribution < -0.4 is 0 Å². The van der Waals surface area contributed by atoms with E-state index in [1.165, 1.54) is 89.0 Å². The Bertz CT molecular complexity index is 3210. The third-order valence-corrected chi connectivity index (χ3v) is 13.9. The topological polar surface area (TPSA) is 51.6 Å². The lowest BCUT2D eigenvalue weighted by Crippen LogP contribution is -2.26. The van der Waals surface area contributed by atoms with Gasteiger partial charge in [-0.25, -0.2) is 19.9 Å². The molecule has 4 heteroatoms. The van der Waals surface area contributed by atoms with Crippen molar-refractivity contribution in [1.82, 2.24) is 19.9 Å². The molecule has 0 amide bonds. The SMILES string of the molecule is c1ccnc(-c2nc(-c3ccc4c(c3)C3(c5ccccc5-c5ccccc53)c3ccccc3-4)nc(-c3ccc4c(c3)C3(c5ccccc5-c5ccccc53)c3ccccc3-4)n2)c#1. The van der Waals surface area contributed by atoms with E-state index < -0.39 is 10.8 Å². The lowest BCUT2D eigenvalue weighted by molar-refractivity contribution is 0.793. The number of rotatable bonds is 3. The molecule has 0 saturated carbocycles. The number of hydrogen-bond donors (Lipinski definition) is 0. The van der Waals surface area contributed by atoms with Gasteiger partial charge < -0.3 is 0 Å². The summed E-state index contributed by atoms with van der Waals surface area (Å²) in [7, 11) is 0. The van der Waals surface area contributed by atoms with E-state index >= 15 is 0 Å².